The molecule has 0 aliphatic heterocycles. The monoisotopic (exact) mass is 265 g/mol. The molecule has 0 N–H and O–H groups in total. The van der Waals surface area contributed by atoms with Crippen molar-refractivity contribution in [3.8, 4) is 0 Å². The van der Waals surface area contributed by atoms with Crippen LogP contribution in [-0.2, 0) is 0 Å². The second kappa shape index (κ2) is 7.06. The van der Waals surface area contributed by atoms with E-state index in [9.17, 15) is 0 Å². The predicted molar refractivity (Wildman–Crippen MR) is 76.7 cm³/mol. The maximum Gasteiger partial charge on any atom is 0.151 e. The van der Waals surface area contributed by atoms with Gasteiger partial charge in [-0.3, -0.25) is 4.67 Å². The van der Waals surface area contributed by atoms with Gasteiger partial charge in [-0.25, -0.2) is 4.67 Å². The first-order valence-corrected chi connectivity index (χ1v) is 8.20. The van der Waals surface area contributed by atoms with E-state index in [2.05, 4.69) is 64.7 Å². The minimum atomic E-state index is -0.789. The van der Waals surface area contributed by atoms with Crippen LogP contribution in [-0.4, -0.2) is 33.5 Å². The fourth-order valence-corrected chi connectivity index (χ4v) is 5.68. The molecule has 0 saturated heterocycles. The van der Waals surface area contributed by atoms with E-state index in [0.29, 0.717) is 18.1 Å². The SMILES string of the molecule is [CH2+]C(C)N(C(C)C)P(Cl)N(C(C)C)C(C)C. The van der Waals surface area contributed by atoms with Crippen LogP contribution in [0.5, 0.6) is 0 Å². The first-order valence-electron chi connectivity index (χ1n) is 6.05. The highest BCUT2D eigenvalue weighted by molar-refractivity contribution is 7.80. The van der Waals surface area contributed by atoms with Gasteiger partial charge in [-0.1, -0.05) is 11.2 Å². The smallest absolute Gasteiger partial charge is 0.151 e. The summed E-state index contributed by atoms with van der Waals surface area (Å²) in [5, 5.41) is 0. The zero-order chi connectivity index (χ0) is 13.0. The summed E-state index contributed by atoms with van der Waals surface area (Å²) in [5.74, 6) is 0. The topological polar surface area (TPSA) is 6.48 Å². The molecular formula is C12H27ClN2P+. The molecule has 2 atom stereocenters. The molecule has 16 heavy (non-hydrogen) atoms. The average Bonchev–Trinajstić information content (AvgIpc) is 1.99. The average molecular weight is 266 g/mol. The van der Waals surface area contributed by atoms with E-state index in [4.69, 9.17) is 11.2 Å². The molecule has 0 aromatic heterocycles. The summed E-state index contributed by atoms with van der Waals surface area (Å²) in [7, 11) is -0.789. The van der Waals surface area contributed by atoms with Crippen LogP contribution >= 0.6 is 18.8 Å². The van der Waals surface area contributed by atoms with Crippen molar-refractivity contribution in [1.29, 1.82) is 0 Å². The van der Waals surface area contributed by atoms with Crippen molar-refractivity contribution in [1.82, 2.24) is 9.34 Å². The molecule has 0 bridgehead atoms. The fourth-order valence-electron chi connectivity index (χ4n) is 1.96. The Kier molecular flexibility index (Phi) is 7.28. The maximum absolute atomic E-state index is 6.67. The lowest BCUT2D eigenvalue weighted by atomic mass is 10.3. The third-order valence-electron chi connectivity index (χ3n) is 2.42. The van der Waals surface area contributed by atoms with E-state index in [1.807, 2.05) is 0 Å². The molecule has 0 amide bonds. The summed E-state index contributed by atoms with van der Waals surface area (Å²) in [5.41, 5.74) is 0. The van der Waals surface area contributed by atoms with Crippen molar-refractivity contribution in [2.24, 2.45) is 0 Å². The van der Waals surface area contributed by atoms with Crippen LogP contribution in [0, 0.1) is 6.92 Å². The second-order valence-corrected chi connectivity index (χ2v) is 7.44. The predicted octanol–water partition coefficient (Wildman–Crippen LogP) is 4.50. The summed E-state index contributed by atoms with van der Waals surface area (Å²) in [6.07, 6.45) is 0. The highest BCUT2D eigenvalue weighted by Gasteiger charge is 2.33. The molecule has 4 heteroatoms. The number of hydrogen-bond acceptors (Lipinski definition) is 2. The molecule has 0 aliphatic carbocycles. The van der Waals surface area contributed by atoms with Gasteiger partial charge < -0.3 is 0 Å². The van der Waals surface area contributed by atoms with E-state index >= 15 is 0 Å². The largest absolute Gasteiger partial charge is 0.252 e. The molecule has 0 heterocycles. The van der Waals surface area contributed by atoms with Crippen molar-refractivity contribution in [3.63, 3.8) is 0 Å². The van der Waals surface area contributed by atoms with Gasteiger partial charge in [0.05, 0.1) is 6.92 Å². The Morgan fingerprint density at radius 3 is 1.31 bits per heavy atom. The maximum atomic E-state index is 6.67. The number of nitrogens with zero attached hydrogens (tertiary/aromatic N) is 2. The van der Waals surface area contributed by atoms with Gasteiger partial charge in [-0.05, 0) is 48.5 Å². The normalized spacial score (nSPS) is 16.8. The van der Waals surface area contributed by atoms with Gasteiger partial charge in [-0.15, -0.1) is 0 Å². The molecular weight excluding hydrogens is 239 g/mol. The molecule has 2 nitrogen and oxygen atoms in total. The van der Waals surface area contributed by atoms with Crippen molar-refractivity contribution in [2.45, 2.75) is 72.6 Å². The molecule has 0 aromatic carbocycles. The summed E-state index contributed by atoms with van der Waals surface area (Å²) >= 11 is 6.67. The summed E-state index contributed by atoms with van der Waals surface area (Å²) in [4.78, 5) is 0. The Hall–Kier alpha value is 0.510. The Labute approximate surface area is 108 Å². The van der Waals surface area contributed by atoms with Gasteiger partial charge >= 0.3 is 0 Å². The Balaban J connectivity index is 4.88. The first kappa shape index (κ1) is 16.5. The quantitative estimate of drug-likeness (QED) is 0.515. The van der Waals surface area contributed by atoms with Crippen LogP contribution in [0.25, 0.3) is 0 Å². The second-order valence-electron chi connectivity index (χ2n) is 5.13. The van der Waals surface area contributed by atoms with Crippen molar-refractivity contribution in [3.05, 3.63) is 6.92 Å². The zero-order valence-corrected chi connectivity index (χ0v) is 13.4. The highest BCUT2D eigenvalue weighted by Crippen LogP contribution is 2.53. The lowest BCUT2D eigenvalue weighted by Crippen LogP contribution is -2.41. The molecule has 0 aliphatic rings. The van der Waals surface area contributed by atoms with Crippen LogP contribution in [0.15, 0.2) is 0 Å². The third kappa shape index (κ3) is 4.41. The van der Waals surface area contributed by atoms with Gasteiger partial charge in [0.2, 0.25) is 0 Å². The summed E-state index contributed by atoms with van der Waals surface area (Å²) in [6.45, 7) is 19.4. The van der Waals surface area contributed by atoms with Gasteiger partial charge in [0.1, 0.15) is 7.58 Å². The summed E-state index contributed by atoms with van der Waals surface area (Å²) < 4.78 is 4.68. The van der Waals surface area contributed by atoms with Crippen molar-refractivity contribution >= 4 is 18.8 Å². The lowest BCUT2D eigenvalue weighted by molar-refractivity contribution is 0.273. The minimum Gasteiger partial charge on any atom is -0.252 e. The molecule has 0 fully saturated rings. The van der Waals surface area contributed by atoms with Crippen LogP contribution in [0.1, 0.15) is 48.5 Å². The van der Waals surface area contributed by atoms with Gasteiger partial charge in [-0.2, -0.15) is 0 Å². The van der Waals surface area contributed by atoms with Crippen LogP contribution in [0.3, 0.4) is 0 Å². The van der Waals surface area contributed by atoms with E-state index in [0.717, 1.165) is 0 Å². The number of hydrogen-bond donors (Lipinski definition) is 0. The van der Waals surface area contributed by atoms with Crippen LogP contribution in [0.4, 0.5) is 0 Å². The van der Waals surface area contributed by atoms with E-state index in [-0.39, 0.29) is 6.04 Å². The molecule has 0 aromatic rings. The Morgan fingerprint density at radius 2 is 1.12 bits per heavy atom. The number of rotatable bonds is 6. The molecule has 2 unspecified atom stereocenters. The standard InChI is InChI=1S/C12H27ClN2P/c1-9(2)14(10(3)4)16(13)15(11(5)6)12(7)8/h9-12H,1H2,2-8H3/q+1. The van der Waals surface area contributed by atoms with Crippen molar-refractivity contribution in [2.75, 3.05) is 0 Å². The molecule has 0 spiro atoms. The molecule has 0 radical (unpaired) electrons. The lowest BCUT2D eigenvalue weighted by Gasteiger charge is -2.41. The zero-order valence-electron chi connectivity index (χ0n) is 11.7. The van der Waals surface area contributed by atoms with Gasteiger partial charge in [0.15, 0.2) is 6.04 Å². The van der Waals surface area contributed by atoms with Crippen LogP contribution in [0.2, 0.25) is 0 Å². The van der Waals surface area contributed by atoms with E-state index < -0.39 is 7.58 Å². The Bertz CT molecular complexity index is 159. The van der Waals surface area contributed by atoms with Crippen molar-refractivity contribution < 1.29 is 0 Å². The van der Waals surface area contributed by atoms with Gasteiger partial charge in [0.25, 0.3) is 0 Å². The number of halogens is 1. The van der Waals surface area contributed by atoms with Crippen LogP contribution < -0.4 is 0 Å². The fraction of sp³-hybridized carbons (Fsp3) is 0.917. The van der Waals surface area contributed by atoms with E-state index in [1.165, 1.54) is 0 Å². The minimum absolute atomic E-state index is 0.239. The molecule has 0 rings (SSSR count). The third-order valence-corrected chi connectivity index (χ3v) is 6.01. The van der Waals surface area contributed by atoms with E-state index in [1.54, 1.807) is 0 Å². The highest BCUT2D eigenvalue weighted by atomic mass is 35.7. The molecule has 96 valence electrons. The Morgan fingerprint density at radius 1 is 0.812 bits per heavy atom. The molecule has 0 saturated carbocycles. The van der Waals surface area contributed by atoms with Gasteiger partial charge in [0, 0.05) is 18.1 Å². The first-order chi connectivity index (χ1) is 7.20. The summed E-state index contributed by atoms with van der Waals surface area (Å²) in [6, 6.07) is 1.59.